The Labute approximate surface area is 137 Å². The van der Waals surface area contributed by atoms with Gasteiger partial charge in [-0.05, 0) is 30.2 Å². The van der Waals surface area contributed by atoms with Crippen molar-refractivity contribution in [3.8, 4) is 0 Å². The highest BCUT2D eigenvalue weighted by molar-refractivity contribution is 7.99. The van der Waals surface area contributed by atoms with E-state index in [1.54, 1.807) is 24.4 Å². The van der Waals surface area contributed by atoms with Gasteiger partial charge in [-0.25, -0.2) is 19.6 Å². The molecule has 0 aromatic carbocycles. The van der Waals surface area contributed by atoms with Crippen molar-refractivity contribution in [2.75, 3.05) is 0 Å². The van der Waals surface area contributed by atoms with Crippen molar-refractivity contribution in [2.45, 2.75) is 55.3 Å². The van der Waals surface area contributed by atoms with Crippen LogP contribution in [0.15, 0.2) is 17.7 Å². The van der Waals surface area contributed by atoms with Crippen molar-refractivity contribution < 1.29 is 0 Å². The van der Waals surface area contributed by atoms with Gasteiger partial charge in [0, 0.05) is 0 Å². The standard InChI is InChI=1S/C14H18N8S/c1-9(23-14-11-12(16-7-15-11)17-8-18-14)13-19-20-21-22(13)10-5-3-2-4-6-10/h7-10H,2-6H2,1H3,(H,15,16,17,18)/t9-/m1/s1. The lowest BCUT2D eigenvalue weighted by molar-refractivity contribution is 0.317. The zero-order valence-corrected chi connectivity index (χ0v) is 13.7. The Bertz CT molecular complexity index is 791. The molecule has 1 N–H and O–H groups in total. The summed E-state index contributed by atoms with van der Waals surface area (Å²) in [4.78, 5) is 15.8. The second kappa shape index (κ2) is 6.23. The van der Waals surface area contributed by atoms with Crippen LogP contribution in [0.2, 0.25) is 0 Å². The number of fused-ring (bicyclic) bond motifs is 1. The Kier molecular flexibility index (Phi) is 3.94. The summed E-state index contributed by atoms with van der Waals surface area (Å²) in [6, 6.07) is 0.425. The number of nitrogens with one attached hydrogen (secondary N) is 1. The third-order valence-corrected chi connectivity index (χ3v) is 5.38. The van der Waals surface area contributed by atoms with Crippen LogP contribution in [0.4, 0.5) is 0 Å². The van der Waals surface area contributed by atoms with Crippen molar-refractivity contribution in [3.63, 3.8) is 0 Å². The van der Waals surface area contributed by atoms with Gasteiger partial charge in [-0.2, -0.15) is 0 Å². The predicted octanol–water partition coefficient (Wildman–Crippen LogP) is 2.70. The Hall–Kier alpha value is -2.03. The maximum Gasteiger partial charge on any atom is 0.181 e. The molecule has 0 spiro atoms. The number of hydrogen-bond donors (Lipinski definition) is 1. The Morgan fingerprint density at radius 2 is 2.09 bits per heavy atom. The third-order valence-electron chi connectivity index (χ3n) is 4.28. The summed E-state index contributed by atoms with van der Waals surface area (Å²) in [5, 5.41) is 13.4. The molecule has 1 atom stereocenters. The summed E-state index contributed by atoms with van der Waals surface area (Å²) in [6.07, 6.45) is 9.33. The van der Waals surface area contributed by atoms with Gasteiger partial charge in [0.2, 0.25) is 0 Å². The molecule has 0 radical (unpaired) electrons. The van der Waals surface area contributed by atoms with E-state index >= 15 is 0 Å². The zero-order chi connectivity index (χ0) is 15.6. The van der Waals surface area contributed by atoms with E-state index in [4.69, 9.17) is 0 Å². The number of imidazole rings is 1. The molecule has 3 aromatic rings. The average Bonchev–Trinajstić information content (AvgIpc) is 3.25. The first-order valence-corrected chi connectivity index (χ1v) is 8.79. The first-order valence-electron chi connectivity index (χ1n) is 7.91. The number of aromatic amines is 1. The molecule has 0 saturated heterocycles. The number of thioether (sulfide) groups is 1. The molecule has 8 nitrogen and oxygen atoms in total. The molecule has 9 heteroatoms. The normalized spacial score (nSPS) is 17.6. The van der Waals surface area contributed by atoms with Crippen LogP contribution in [-0.4, -0.2) is 40.1 Å². The van der Waals surface area contributed by atoms with Gasteiger partial charge < -0.3 is 4.98 Å². The Morgan fingerprint density at radius 3 is 2.96 bits per heavy atom. The van der Waals surface area contributed by atoms with Crippen molar-refractivity contribution in [3.05, 3.63) is 18.5 Å². The van der Waals surface area contributed by atoms with E-state index in [-0.39, 0.29) is 5.25 Å². The van der Waals surface area contributed by atoms with Gasteiger partial charge in [0.15, 0.2) is 11.5 Å². The third kappa shape index (κ3) is 2.80. The van der Waals surface area contributed by atoms with Crippen LogP contribution in [0.3, 0.4) is 0 Å². The van der Waals surface area contributed by atoms with Crippen molar-refractivity contribution >= 4 is 22.9 Å². The molecular formula is C14H18N8S. The first kappa shape index (κ1) is 14.6. The molecule has 3 heterocycles. The summed E-state index contributed by atoms with van der Waals surface area (Å²) in [7, 11) is 0. The monoisotopic (exact) mass is 330 g/mol. The first-order chi connectivity index (χ1) is 11.3. The maximum absolute atomic E-state index is 4.37. The summed E-state index contributed by atoms with van der Waals surface area (Å²) in [6.45, 7) is 2.11. The van der Waals surface area contributed by atoms with Crippen LogP contribution in [-0.2, 0) is 0 Å². The van der Waals surface area contributed by atoms with Gasteiger partial charge in [-0.1, -0.05) is 31.0 Å². The maximum atomic E-state index is 4.37. The van der Waals surface area contributed by atoms with E-state index in [1.165, 1.54) is 19.3 Å². The predicted molar refractivity (Wildman–Crippen MR) is 85.9 cm³/mol. The largest absolute Gasteiger partial charge is 0.341 e. The van der Waals surface area contributed by atoms with E-state index in [0.29, 0.717) is 11.7 Å². The summed E-state index contributed by atoms with van der Waals surface area (Å²) < 4.78 is 2.02. The molecule has 120 valence electrons. The molecule has 1 aliphatic carbocycles. The van der Waals surface area contributed by atoms with E-state index in [2.05, 4.69) is 42.4 Å². The second-order valence-electron chi connectivity index (χ2n) is 5.81. The minimum atomic E-state index is 0.105. The molecule has 0 amide bonds. The van der Waals surface area contributed by atoms with Crippen LogP contribution < -0.4 is 0 Å². The molecule has 0 unspecified atom stereocenters. The number of H-pyrrole nitrogens is 1. The molecule has 1 saturated carbocycles. The number of aromatic nitrogens is 8. The minimum absolute atomic E-state index is 0.105. The van der Waals surface area contributed by atoms with Crippen LogP contribution in [0.1, 0.15) is 56.1 Å². The molecule has 0 bridgehead atoms. The molecule has 1 aliphatic rings. The number of rotatable bonds is 4. The fraction of sp³-hybridized carbons (Fsp3) is 0.571. The van der Waals surface area contributed by atoms with Crippen LogP contribution in [0.25, 0.3) is 11.2 Å². The minimum Gasteiger partial charge on any atom is -0.341 e. The van der Waals surface area contributed by atoms with Crippen LogP contribution in [0, 0.1) is 0 Å². The van der Waals surface area contributed by atoms with Gasteiger partial charge in [0.1, 0.15) is 16.9 Å². The van der Waals surface area contributed by atoms with Gasteiger partial charge in [0.25, 0.3) is 0 Å². The fourth-order valence-electron chi connectivity index (χ4n) is 3.11. The summed E-state index contributed by atoms with van der Waals surface area (Å²) in [5.74, 6) is 0.910. The Morgan fingerprint density at radius 1 is 1.22 bits per heavy atom. The molecule has 23 heavy (non-hydrogen) atoms. The lowest BCUT2D eigenvalue weighted by Crippen LogP contribution is -2.17. The van der Waals surface area contributed by atoms with Crippen molar-refractivity contribution in [2.24, 2.45) is 0 Å². The molecule has 3 aromatic heterocycles. The SMILES string of the molecule is C[C@@H](Sc1ncnc2nc[nH]c12)c1nnnn1C1CCCCC1. The van der Waals surface area contributed by atoms with Gasteiger partial charge in [0.05, 0.1) is 17.6 Å². The van der Waals surface area contributed by atoms with E-state index in [0.717, 1.165) is 29.2 Å². The fourth-order valence-corrected chi connectivity index (χ4v) is 4.08. The molecular weight excluding hydrogens is 312 g/mol. The Balaban J connectivity index is 1.59. The highest BCUT2D eigenvalue weighted by atomic mass is 32.2. The molecule has 0 aliphatic heterocycles. The van der Waals surface area contributed by atoms with E-state index in [9.17, 15) is 0 Å². The quantitative estimate of drug-likeness (QED) is 0.580. The van der Waals surface area contributed by atoms with Gasteiger partial charge in [-0.3, -0.25) is 0 Å². The van der Waals surface area contributed by atoms with Crippen LogP contribution in [0.5, 0.6) is 0 Å². The van der Waals surface area contributed by atoms with E-state index in [1.807, 2.05) is 4.68 Å². The highest BCUT2D eigenvalue weighted by Crippen LogP contribution is 2.37. The lowest BCUT2D eigenvalue weighted by Gasteiger charge is -2.23. The average molecular weight is 330 g/mol. The number of tetrazole rings is 1. The second-order valence-corrected chi connectivity index (χ2v) is 7.14. The summed E-state index contributed by atoms with van der Waals surface area (Å²) >= 11 is 1.63. The molecule has 4 rings (SSSR count). The molecule has 1 fully saturated rings. The highest BCUT2D eigenvalue weighted by Gasteiger charge is 2.24. The number of nitrogens with zero attached hydrogens (tertiary/aromatic N) is 7. The van der Waals surface area contributed by atoms with Crippen molar-refractivity contribution in [1.29, 1.82) is 0 Å². The smallest absolute Gasteiger partial charge is 0.181 e. The zero-order valence-electron chi connectivity index (χ0n) is 12.9. The number of hydrogen-bond acceptors (Lipinski definition) is 7. The van der Waals surface area contributed by atoms with Gasteiger partial charge in [-0.15, -0.1) is 5.10 Å². The topological polar surface area (TPSA) is 98.1 Å². The lowest BCUT2D eigenvalue weighted by atomic mass is 9.95. The summed E-state index contributed by atoms with van der Waals surface area (Å²) in [5.41, 5.74) is 1.54. The van der Waals surface area contributed by atoms with Crippen LogP contribution >= 0.6 is 11.8 Å². The van der Waals surface area contributed by atoms with E-state index < -0.39 is 0 Å². The van der Waals surface area contributed by atoms with Gasteiger partial charge >= 0.3 is 0 Å². The van der Waals surface area contributed by atoms with Crippen molar-refractivity contribution in [1.82, 2.24) is 40.1 Å².